The summed E-state index contributed by atoms with van der Waals surface area (Å²) in [6.45, 7) is 1.16. The minimum Gasteiger partial charge on any atom is -0.453 e. The van der Waals surface area contributed by atoms with Crippen LogP contribution in [-0.4, -0.2) is 34.6 Å². The van der Waals surface area contributed by atoms with E-state index in [1.807, 2.05) is 12.4 Å². The first kappa shape index (κ1) is 21.6. The fourth-order valence-electron chi connectivity index (χ4n) is 6.63. The van der Waals surface area contributed by atoms with Crippen molar-refractivity contribution < 1.29 is 4.74 Å². The van der Waals surface area contributed by atoms with E-state index in [2.05, 4.69) is 99.7 Å². The van der Waals surface area contributed by atoms with E-state index in [1.165, 1.54) is 42.6 Å². The average molecular weight is 474 g/mol. The predicted octanol–water partition coefficient (Wildman–Crippen LogP) is 7.23. The number of fused-ring (bicyclic) bond motifs is 4. The standard InChI is InChI=1S/C32H31N3O/c1-2-6-23(7-3-1)16-19-34-26-11-12-27(34)22-28(21-26)35-29-8-4-5-9-31(29)36-32-20-25(10-13-30(32)35)24-14-17-33-18-15-24/h1-10,13-15,17-18,20,26-28H,11-12,16,19,21-22H2/t26-,27+,28-. The van der Waals surface area contributed by atoms with Crippen molar-refractivity contribution in [3.05, 3.63) is 103 Å². The van der Waals surface area contributed by atoms with Gasteiger partial charge in [0.25, 0.3) is 0 Å². The number of hydrogen-bond acceptors (Lipinski definition) is 4. The van der Waals surface area contributed by atoms with Crippen LogP contribution in [0.2, 0.25) is 0 Å². The highest BCUT2D eigenvalue weighted by Crippen LogP contribution is 2.51. The van der Waals surface area contributed by atoms with E-state index in [0.29, 0.717) is 18.1 Å². The fourth-order valence-corrected chi connectivity index (χ4v) is 6.63. The number of ether oxygens (including phenoxy) is 1. The topological polar surface area (TPSA) is 28.6 Å². The van der Waals surface area contributed by atoms with Gasteiger partial charge in [-0.25, -0.2) is 0 Å². The monoisotopic (exact) mass is 473 g/mol. The van der Waals surface area contributed by atoms with Crippen LogP contribution in [0.25, 0.3) is 11.1 Å². The lowest BCUT2D eigenvalue weighted by Gasteiger charge is -2.46. The van der Waals surface area contributed by atoms with Crippen LogP contribution in [0.4, 0.5) is 11.4 Å². The van der Waals surface area contributed by atoms with Gasteiger partial charge in [-0.05, 0) is 85.2 Å². The Labute approximate surface area is 213 Å². The Morgan fingerprint density at radius 2 is 1.42 bits per heavy atom. The molecule has 0 spiro atoms. The molecule has 3 aromatic carbocycles. The minimum atomic E-state index is 0.478. The van der Waals surface area contributed by atoms with E-state index in [-0.39, 0.29) is 0 Å². The summed E-state index contributed by atoms with van der Waals surface area (Å²) in [5.74, 6) is 1.90. The van der Waals surface area contributed by atoms with Crippen LogP contribution in [0.3, 0.4) is 0 Å². The molecule has 3 atom stereocenters. The van der Waals surface area contributed by atoms with E-state index in [4.69, 9.17) is 4.74 Å². The van der Waals surface area contributed by atoms with Crippen LogP contribution in [0.15, 0.2) is 97.3 Å². The number of hydrogen-bond donors (Lipinski definition) is 0. The predicted molar refractivity (Wildman–Crippen MR) is 145 cm³/mol. The number of nitrogens with zero attached hydrogens (tertiary/aromatic N) is 3. The molecule has 0 aliphatic carbocycles. The van der Waals surface area contributed by atoms with E-state index < -0.39 is 0 Å². The van der Waals surface area contributed by atoms with Crippen molar-refractivity contribution in [1.82, 2.24) is 9.88 Å². The van der Waals surface area contributed by atoms with Crippen LogP contribution in [0.5, 0.6) is 11.5 Å². The van der Waals surface area contributed by atoms with Crippen molar-refractivity contribution in [2.75, 3.05) is 11.4 Å². The summed E-state index contributed by atoms with van der Waals surface area (Å²) in [5, 5.41) is 0. The molecule has 2 saturated heterocycles. The van der Waals surface area contributed by atoms with E-state index >= 15 is 0 Å². The van der Waals surface area contributed by atoms with Gasteiger partial charge in [0.15, 0.2) is 11.5 Å². The molecule has 2 fully saturated rings. The van der Waals surface area contributed by atoms with E-state index in [0.717, 1.165) is 35.6 Å². The molecule has 4 nitrogen and oxygen atoms in total. The molecule has 180 valence electrons. The maximum atomic E-state index is 6.47. The lowest BCUT2D eigenvalue weighted by Crippen LogP contribution is -2.50. The molecule has 0 unspecified atom stereocenters. The number of benzene rings is 3. The first-order valence-corrected chi connectivity index (χ1v) is 13.2. The Balaban J connectivity index is 1.18. The van der Waals surface area contributed by atoms with Gasteiger partial charge in [-0.15, -0.1) is 0 Å². The summed E-state index contributed by atoms with van der Waals surface area (Å²) in [7, 11) is 0. The van der Waals surface area contributed by atoms with Crippen LogP contribution < -0.4 is 9.64 Å². The molecule has 4 heterocycles. The Kier molecular flexibility index (Phi) is 5.47. The molecule has 0 radical (unpaired) electrons. The number of para-hydroxylation sites is 2. The van der Waals surface area contributed by atoms with Gasteiger partial charge in [-0.1, -0.05) is 48.5 Å². The highest BCUT2D eigenvalue weighted by atomic mass is 16.5. The maximum Gasteiger partial charge on any atom is 0.151 e. The largest absolute Gasteiger partial charge is 0.453 e. The molecule has 36 heavy (non-hydrogen) atoms. The van der Waals surface area contributed by atoms with Gasteiger partial charge in [0.05, 0.1) is 11.4 Å². The van der Waals surface area contributed by atoms with Gasteiger partial charge in [0.1, 0.15) is 0 Å². The lowest BCUT2D eigenvalue weighted by molar-refractivity contribution is 0.129. The molecule has 1 aromatic heterocycles. The highest BCUT2D eigenvalue weighted by Gasteiger charge is 2.44. The zero-order valence-electron chi connectivity index (χ0n) is 20.5. The van der Waals surface area contributed by atoms with Crippen molar-refractivity contribution in [2.24, 2.45) is 0 Å². The number of piperidine rings is 1. The molecule has 0 N–H and O–H groups in total. The molecule has 2 bridgehead atoms. The molecule has 4 heteroatoms. The van der Waals surface area contributed by atoms with Gasteiger partial charge in [-0.3, -0.25) is 9.88 Å². The molecular formula is C32H31N3O. The average Bonchev–Trinajstić information content (AvgIpc) is 3.17. The molecule has 7 rings (SSSR count). The number of rotatable bonds is 5. The molecule has 0 amide bonds. The third-order valence-electron chi connectivity index (χ3n) is 8.30. The van der Waals surface area contributed by atoms with E-state index in [1.54, 1.807) is 0 Å². The van der Waals surface area contributed by atoms with Gasteiger partial charge >= 0.3 is 0 Å². The van der Waals surface area contributed by atoms with Crippen molar-refractivity contribution >= 4 is 11.4 Å². The van der Waals surface area contributed by atoms with E-state index in [9.17, 15) is 0 Å². The second-order valence-corrected chi connectivity index (χ2v) is 10.3. The summed E-state index contributed by atoms with van der Waals surface area (Å²) < 4.78 is 6.47. The zero-order valence-corrected chi connectivity index (χ0v) is 20.5. The minimum absolute atomic E-state index is 0.478. The smallest absolute Gasteiger partial charge is 0.151 e. The summed E-state index contributed by atoms with van der Waals surface area (Å²) in [5.41, 5.74) is 6.15. The first-order valence-electron chi connectivity index (χ1n) is 13.2. The normalized spacial score (nSPS) is 22.6. The molecule has 4 aromatic rings. The summed E-state index contributed by atoms with van der Waals surface area (Å²) in [6.07, 6.45) is 9.86. The molecular weight excluding hydrogens is 442 g/mol. The Morgan fingerprint density at radius 1 is 0.694 bits per heavy atom. The van der Waals surface area contributed by atoms with Gasteiger partial charge in [0.2, 0.25) is 0 Å². The Bertz CT molecular complexity index is 1340. The summed E-state index contributed by atoms with van der Waals surface area (Å²) in [6, 6.07) is 32.1. The Hall–Kier alpha value is -3.63. The fraction of sp³-hybridized carbons (Fsp3) is 0.281. The van der Waals surface area contributed by atoms with Crippen LogP contribution in [0.1, 0.15) is 31.2 Å². The summed E-state index contributed by atoms with van der Waals surface area (Å²) >= 11 is 0. The van der Waals surface area contributed by atoms with Crippen molar-refractivity contribution in [3.63, 3.8) is 0 Å². The van der Waals surface area contributed by atoms with Gasteiger partial charge in [-0.2, -0.15) is 0 Å². The Morgan fingerprint density at radius 3 is 2.22 bits per heavy atom. The lowest BCUT2D eigenvalue weighted by atomic mass is 9.93. The third-order valence-corrected chi connectivity index (χ3v) is 8.30. The van der Waals surface area contributed by atoms with Crippen LogP contribution in [0, 0.1) is 0 Å². The first-order chi connectivity index (χ1) is 17.8. The second-order valence-electron chi connectivity index (χ2n) is 10.3. The number of pyridine rings is 1. The van der Waals surface area contributed by atoms with Crippen LogP contribution in [-0.2, 0) is 6.42 Å². The maximum absolute atomic E-state index is 6.47. The van der Waals surface area contributed by atoms with Gasteiger partial charge < -0.3 is 9.64 Å². The molecule has 3 aliphatic heterocycles. The summed E-state index contributed by atoms with van der Waals surface area (Å²) in [4.78, 5) is 9.57. The number of aromatic nitrogens is 1. The van der Waals surface area contributed by atoms with Crippen molar-refractivity contribution in [2.45, 2.75) is 50.2 Å². The highest BCUT2D eigenvalue weighted by molar-refractivity contribution is 5.81. The quantitative estimate of drug-likeness (QED) is 0.306. The second kappa shape index (κ2) is 9.11. The van der Waals surface area contributed by atoms with Crippen LogP contribution >= 0.6 is 0 Å². The van der Waals surface area contributed by atoms with Gasteiger partial charge in [0, 0.05) is 37.1 Å². The number of anilines is 2. The van der Waals surface area contributed by atoms with Crippen molar-refractivity contribution in [1.29, 1.82) is 0 Å². The third kappa shape index (κ3) is 3.86. The zero-order chi connectivity index (χ0) is 23.9. The van der Waals surface area contributed by atoms with Crippen molar-refractivity contribution in [3.8, 4) is 22.6 Å². The molecule has 3 aliphatic rings. The SMILES string of the molecule is c1ccc(CCN2[C@@H]3CC[C@H]2C[C@H](N2c4ccccc4Oc4cc(-c5ccncc5)ccc42)C3)cc1. The molecule has 0 saturated carbocycles.